The summed E-state index contributed by atoms with van der Waals surface area (Å²) in [6, 6.07) is 11.6. The molecule has 1 aromatic carbocycles. The Morgan fingerprint density at radius 2 is 2.13 bits per heavy atom. The minimum Gasteiger partial charge on any atom is -0.496 e. The van der Waals surface area contributed by atoms with E-state index in [1.807, 2.05) is 24.3 Å². The van der Waals surface area contributed by atoms with Crippen molar-refractivity contribution in [2.45, 2.75) is 31.8 Å². The lowest BCUT2D eigenvalue weighted by Gasteiger charge is -2.31. The normalized spacial score (nSPS) is 19.7. The molecule has 0 saturated carbocycles. The monoisotopic (exact) mass is 331 g/mol. The molecule has 1 aliphatic heterocycles. The van der Waals surface area contributed by atoms with Crippen LogP contribution in [-0.2, 0) is 4.79 Å². The number of hydrogen-bond acceptors (Lipinski definition) is 4. The van der Waals surface area contributed by atoms with Crippen LogP contribution in [0.4, 0.5) is 0 Å². The van der Waals surface area contributed by atoms with Crippen molar-refractivity contribution in [2.24, 2.45) is 0 Å². The van der Waals surface area contributed by atoms with E-state index in [9.17, 15) is 9.90 Å². The number of para-hydroxylation sites is 1. The molecule has 2 aromatic rings. The van der Waals surface area contributed by atoms with Gasteiger partial charge >= 0.3 is 5.97 Å². The van der Waals surface area contributed by atoms with Gasteiger partial charge in [0.25, 0.3) is 0 Å². The summed E-state index contributed by atoms with van der Waals surface area (Å²) in [7, 11) is 1.66. The molecule has 0 spiro atoms. The number of hydrogen-bond donors (Lipinski definition) is 1. The van der Waals surface area contributed by atoms with E-state index in [-0.39, 0.29) is 6.04 Å². The molecule has 1 aromatic heterocycles. The van der Waals surface area contributed by atoms with E-state index >= 15 is 0 Å². The van der Waals surface area contributed by atoms with Gasteiger partial charge in [0.05, 0.1) is 13.2 Å². The zero-order valence-electron chi connectivity index (χ0n) is 13.4. The first-order valence-corrected chi connectivity index (χ1v) is 8.61. The quantitative estimate of drug-likeness (QED) is 0.907. The summed E-state index contributed by atoms with van der Waals surface area (Å²) in [6.07, 6.45) is 1.61. The highest BCUT2D eigenvalue weighted by molar-refractivity contribution is 7.12. The van der Waals surface area contributed by atoms with Crippen molar-refractivity contribution < 1.29 is 14.6 Å². The molecular formula is C18H21NO3S. The molecule has 1 N–H and O–H groups in total. The summed E-state index contributed by atoms with van der Waals surface area (Å²) < 4.78 is 5.54. The number of aryl methyl sites for hydroxylation is 1. The Bertz CT molecular complexity index is 697. The summed E-state index contributed by atoms with van der Waals surface area (Å²) in [5, 5.41) is 9.59. The molecule has 0 radical (unpaired) electrons. The molecule has 0 aliphatic carbocycles. The van der Waals surface area contributed by atoms with Crippen LogP contribution in [0.25, 0.3) is 0 Å². The number of methoxy groups -OCH3 is 1. The van der Waals surface area contributed by atoms with E-state index in [1.165, 1.54) is 9.75 Å². The van der Waals surface area contributed by atoms with Gasteiger partial charge in [0.2, 0.25) is 0 Å². The van der Waals surface area contributed by atoms with E-state index < -0.39 is 12.0 Å². The van der Waals surface area contributed by atoms with Crippen LogP contribution in [-0.4, -0.2) is 35.7 Å². The Balaban J connectivity index is 2.09. The van der Waals surface area contributed by atoms with E-state index in [0.29, 0.717) is 6.42 Å². The molecule has 0 amide bonds. The Kier molecular flexibility index (Phi) is 4.68. The van der Waals surface area contributed by atoms with Crippen molar-refractivity contribution in [3.63, 3.8) is 0 Å². The minimum absolute atomic E-state index is 0.0755. The predicted molar refractivity (Wildman–Crippen MR) is 91.3 cm³/mol. The molecule has 2 unspecified atom stereocenters. The number of likely N-dealkylation sites (tertiary alicyclic amines) is 1. The fourth-order valence-electron chi connectivity index (χ4n) is 3.35. The highest BCUT2D eigenvalue weighted by atomic mass is 32.1. The molecule has 4 nitrogen and oxygen atoms in total. The molecule has 23 heavy (non-hydrogen) atoms. The third-order valence-electron chi connectivity index (χ3n) is 4.38. The van der Waals surface area contributed by atoms with E-state index in [4.69, 9.17) is 4.74 Å². The van der Waals surface area contributed by atoms with Gasteiger partial charge in [-0.15, -0.1) is 11.3 Å². The Labute approximate surface area is 140 Å². The average molecular weight is 331 g/mol. The van der Waals surface area contributed by atoms with Crippen molar-refractivity contribution in [2.75, 3.05) is 13.7 Å². The minimum atomic E-state index is -0.740. The summed E-state index contributed by atoms with van der Waals surface area (Å²) >= 11 is 1.72. The van der Waals surface area contributed by atoms with Crippen LogP contribution < -0.4 is 4.74 Å². The average Bonchev–Trinajstić information content (AvgIpc) is 3.18. The number of thiophene rings is 1. The third kappa shape index (κ3) is 3.12. The van der Waals surface area contributed by atoms with Crippen LogP contribution in [0.2, 0.25) is 0 Å². The Hall–Kier alpha value is -1.85. The Morgan fingerprint density at radius 1 is 1.35 bits per heavy atom. The van der Waals surface area contributed by atoms with E-state index in [2.05, 4.69) is 24.0 Å². The largest absolute Gasteiger partial charge is 0.496 e. The third-order valence-corrected chi connectivity index (χ3v) is 5.43. The molecule has 2 heterocycles. The zero-order valence-corrected chi connectivity index (χ0v) is 14.2. The predicted octanol–water partition coefficient (Wildman–Crippen LogP) is 3.70. The SMILES string of the molecule is COc1ccccc1C(c1ccc(C)s1)N1CCCC1C(=O)O. The molecule has 122 valence electrons. The molecule has 1 aliphatic rings. The van der Waals surface area contributed by atoms with Gasteiger partial charge in [-0.3, -0.25) is 9.69 Å². The molecular weight excluding hydrogens is 310 g/mol. The molecule has 3 rings (SSSR count). The number of aliphatic carboxylic acids is 1. The second-order valence-corrected chi connectivity index (χ2v) is 7.15. The Morgan fingerprint density at radius 3 is 2.78 bits per heavy atom. The van der Waals surface area contributed by atoms with Crippen molar-refractivity contribution >= 4 is 17.3 Å². The standard InChI is InChI=1S/C18H21NO3S/c1-12-9-10-16(23-12)17(13-6-3-4-8-15(13)22-2)19-11-5-7-14(19)18(20)21/h3-4,6,8-10,14,17H,5,7,11H2,1-2H3,(H,20,21). The van der Waals surface area contributed by atoms with Gasteiger partial charge < -0.3 is 9.84 Å². The zero-order chi connectivity index (χ0) is 16.4. The first kappa shape index (κ1) is 16.0. The lowest BCUT2D eigenvalue weighted by Crippen LogP contribution is -2.39. The van der Waals surface area contributed by atoms with Gasteiger partial charge in [-0.25, -0.2) is 0 Å². The van der Waals surface area contributed by atoms with Crippen molar-refractivity contribution in [1.29, 1.82) is 0 Å². The number of carboxylic acid groups (broad SMARTS) is 1. The van der Waals surface area contributed by atoms with Crippen LogP contribution in [0, 0.1) is 6.92 Å². The van der Waals surface area contributed by atoms with Crippen LogP contribution in [0.3, 0.4) is 0 Å². The van der Waals surface area contributed by atoms with E-state index in [1.54, 1.807) is 18.4 Å². The molecule has 1 saturated heterocycles. The fraction of sp³-hybridized carbons (Fsp3) is 0.389. The van der Waals surface area contributed by atoms with Crippen LogP contribution in [0.15, 0.2) is 36.4 Å². The number of ether oxygens (including phenoxy) is 1. The van der Waals surface area contributed by atoms with Crippen LogP contribution >= 0.6 is 11.3 Å². The van der Waals surface area contributed by atoms with Crippen molar-refractivity contribution in [3.8, 4) is 5.75 Å². The maximum absolute atomic E-state index is 11.7. The second-order valence-electron chi connectivity index (χ2n) is 5.83. The van der Waals surface area contributed by atoms with E-state index in [0.717, 1.165) is 24.3 Å². The fourth-order valence-corrected chi connectivity index (χ4v) is 4.37. The van der Waals surface area contributed by atoms with Gasteiger partial charge in [-0.1, -0.05) is 18.2 Å². The first-order valence-electron chi connectivity index (χ1n) is 7.79. The lowest BCUT2D eigenvalue weighted by molar-refractivity contribution is -0.142. The maximum atomic E-state index is 11.7. The maximum Gasteiger partial charge on any atom is 0.320 e. The van der Waals surface area contributed by atoms with Gasteiger partial charge in [0.1, 0.15) is 11.8 Å². The molecule has 0 bridgehead atoms. The number of benzene rings is 1. The highest BCUT2D eigenvalue weighted by Crippen LogP contribution is 2.41. The number of nitrogens with zero attached hydrogens (tertiary/aromatic N) is 1. The summed E-state index contributed by atoms with van der Waals surface area (Å²) in [4.78, 5) is 16.2. The van der Waals surface area contributed by atoms with Crippen molar-refractivity contribution in [1.82, 2.24) is 4.90 Å². The summed E-state index contributed by atoms with van der Waals surface area (Å²) in [6.45, 7) is 2.86. The molecule has 5 heteroatoms. The molecule has 2 atom stereocenters. The van der Waals surface area contributed by atoms with Gasteiger partial charge in [-0.05, 0) is 38.0 Å². The number of carboxylic acids is 1. The second kappa shape index (κ2) is 6.72. The number of carbonyl (C=O) groups is 1. The number of rotatable bonds is 5. The van der Waals surface area contributed by atoms with Gasteiger partial charge in [0.15, 0.2) is 0 Å². The molecule has 1 fully saturated rings. The van der Waals surface area contributed by atoms with Gasteiger partial charge in [-0.2, -0.15) is 0 Å². The van der Waals surface area contributed by atoms with Crippen LogP contribution in [0.1, 0.15) is 34.2 Å². The smallest absolute Gasteiger partial charge is 0.320 e. The van der Waals surface area contributed by atoms with Gasteiger partial charge in [0, 0.05) is 21.9 Å². The summed E-state index contributed by atoms with van der Waals surface area (Å²) in [5.74, 6) is 0.0651. The summed E-state index contributed by atoms with van der Waals surface area (Å²) in [5.41, 5.74) is 1.03. The van der Waals surface area contributed by atoms with Crippen molar-refractivity contribution in [3.05, 3.63) is 51.7 Å². The lowest BCUT2D eigenvalue weighted by atomic mass is 10.0. The first-order chi connectivity index (χ1) is 11.1. The topological polar surface area (TPSA) is 49.8 Å². The highest BCUT2D eigenvalue weighted by Gasteiger charge is 2.38. The van der Waals surface area contributed by atoms with Crippen LogP contribution in [0.5, 0.6) is 5.75 Å².